The second-order valence-corrected chi connectivity index (χ2v) is 6.71. The number of carbonyl (C=O) groups is 1. The highest BCUT2D eigenvalue weighted by Crippen LogP contribution is 2.28. The molecule has 0 atom stereocenters. The van der Waals surface area contributed by atoms with Gasteiger partial charge in [-0.2, -0.15) is 0 Å². The van der Waals surface area contributed by atoms with Crippen molar-refractivity contribution in [3.05, 3.63) is 66.0 Å². The van der Waals surface area contributed by atoms with Crippen LogP contribution in [0.25, 0.3) is 6.08 Å². The van der Waals surface area contributed by atoms with Crippen LogP contribution in [0.1, 0.15) is 5.56 Å². The van der Waals surface area contributed by atoms with E-state index in [1.165, 1.54) is 18.2 Å². The molecule has 1 amide bonds. The van der Waals surface area contributed by atoms with Crippen molar-refractivity contribution in [2.24, 2.45) is 0 Å². The number of nitrogens with zero attached hydrogens (tertiary/aromatic N) is 2. The normalized spacial score (nSPS) is 14.2. The third-order valence-corrected chi connectivity index (χ3v) is 4.88. The summed E-state index contributed by atoms with van der Waals surface area (Å²) < 4.78 is 18.3. The summed E-state index contributed by atoms with van der Waals surface area (Å²) >= 11 is 5.37. The highest BCUT2D eigenvalue weighted by Gasteiger charge is 2.21. The largest absolute Gasteiger partial charge is 0.495 e. The molecule has 1 N–H and O–H groups in total. The van der Waals surface area contributed by atoms with Crippen LogP contribution in [-0.4, -0.2) is 49.2 Å². The molecule has 3 rings (SSSR count). The average molecular weight is 399 g/mol. The number of piperazine rings is 1. The van der Waals surface area contributed by atoms with Gasteiger partial charge in [-0.3, -0.25) is 10.1 Å². The SMILES string of the molecule is COc1ccccc1N1CCN(C(=S)NC(=O)/C=C/c2ccc(F)cc2)CC1. The second-order valence-electron chi connectivity index (χ2n) is 6.33. The van der Waals surface area contributed by atoms with Crippen LogP contribution >= 0.6 is 12.2 Å². The Morgan fingerprint density at radius 2 is 1.79 bits per heavy atom. The molecular formula is C21H22FN3O2S. The number of methoxy groups -OCH3 is 1. The molecule has 7 heteroatoms. The Bertz CT molecular complexity index is 862. The Morgan fingerprint density at radius 1 is 1.11 bits per heavy atom. The Kier molecular flexibility index (Phi) is 6.60. The van der Waals surface area contributed by atoms with E-state index in [1.807, 2.05) is 29.2 Å². The number of carbonyl (C=O) groups excluding carboxylic acids is 1. The molecule has 0 saturated carbocycles. The van der Waals surface area contributed by atoms with Gasteiger partial charge in [-0.1, -0.05) is 24.3 Å². The topological polar surface area (TPSA) is 44.8 Å². The van der Waals surface area contributed by atoms with E-state index >= 15 is 0 Å². The number of anilines is 1. The lowest BCUT2D eigenvalue weighted by Crippen LogP contribution is -2.52. The van der Waals surface area contributed by atoms with Gasteiger partial charge in [0.25, 0.3) is 0 Å². The summed E-state index contributed by atoms with van der Waals surface area (Å²) in [5.41, 5.74) is 1.80. The molecule has 0 aliphatic carbocycles. The Morgan fingerprint density at radius 3 is 2.46 bits per heavy atom. The zero-order valence-corrected chi connectivity index (χ0v) is 16.4. The molecule has 146 valence electrons. The second kappa shape index (κ2) is 9.32. The molecule has 0 radical (unpaired) electrons. The Labute approximate surface area is 169 Å². The van der Waals surface area contributed by atoms with Gasteiger partial charge in [0.1, 0.15) is 11.6 Å². The summed E-state index contributed by atoms with van der Waals surface area (Å²) in [5.74, 6) is 0.231. The lowest BCUT2D eigenvalue weighted by atomic mass is 10.2. The molecule has 0 unspecified atom stereocenters. The van der Waals surface area contributed by atoms with Crippen molar-refractivity contribution in [2.45, 2.75) is 0 Å². The van der Waals surface area contributed by atoms with Gasteiger partial charge in [0.2, 0.25) is 5.91 Å². The van der Waals surface area contributed by atoms with Crippen LogP contribution in [0.15, 0.2) is 54.6 Å². The molecule has 5 nitrogen and oxygen atoms in total. The van der Waals surface area contributed by atoms with Crippen molar-refractivity contribution in [2.75, 3.05) is 38.2 Å². The molecule has 2 aromatic carbocycles. The van der Waals surface area contributed by atoms with E-state index in [-0.39, 0.29) is 11.7 Å². The maximum atomic E-state index is 12.9. The first-order valence-corrected chi connectivity index (χ1v) is 9.39. The van der Waals surface area contributed by atoms with E-state index in [0.29, 0.717) is 18.2 Å². The smallest absolute Gasteiger partial charge is 0.250 e. The number of thiocarbonyl (C=S) groups is 1. The number of hydrogen-bond acceptors (Lipinski definition) is 4. The van der Waals surface area contributed by atoms with E-state index in [4.69, 9.17) is 17.0 Å². The van der Waals surface area contributed by atoms with Crippen LogP contribution < -0.4 is 15.0 Å². The molecule has 1 aliphatic heterocycles. The first-order chi connectivity index (χ1) is 13.6. The quantitative estimate of drug-likeness (QED) is 0.632. The van der Waals surface area contributed by atoms with E-state index in [9.17, 15) is 9.18 Å². The van der Waals surface area contributed by atoms with E-state index in [0.717, 1.165) is 30.1 Å². The third-order valence-electron chi connectivity index (χ3n) is 4.52. The summed E-state index contributed by atoms with van der Waals surface area (Å²) in [6, 6.07) is 13.8. The zero-order valence-electron chi connectivity index (χ0n) is 15.6. The monoisotopic (exact) mass is 399 g/mol. The van der Waals surface area contributed by atoms with Crippen molar-refractivity contribution in [3.8, 4) is 5.75 Å². The summed E-state index contributed by atoms with van der Waals surface area (Å²) in [7, 11) is 1.67. The van der Waals surface area contributed by atoms with Crippen LogP contribution in [0.3, 0.4) is 0 Å². The highest BCUT2D eigenvalue weighted by molar-refractivity contribution is 7.80. The standard InChI is InChI=1S/C21H22FN3O2S/c1-27-19-5-3-2-4-18(19)24-12-14-25(15-13-24)21(28)23-20(26)11-8-16-6-9-17(22)10-7-16/h2-11H,12-15H2,1H3,(H,23,26,28)/b11-8+. The van der Waals surface area contributed by atoms with Gasteiger partial charge >= 0.3 is 0 Å². The van der Waals surface area contributed by atoms with Crippen LogP contribution in [0.4, 0.5) is 10.1 Å². The van der Waals surface area contributed by atoms with Crippen molar-refractivity contribution in [1.82, 2.24) is 10.2 Å². The number of amides is 1. The molecule has 1 heterocycles. The fourth-order valence-corrected chi connectivity index (χ4v) is 3.30. The van der Waals surface area contributed by atoms with E-state index in [2.05, 4.69) is 10.2 Å². The molecule has 0 bridgehead atoms. The molecule has 1 saturated heterocycles. The van der Waals surface area contributed by atoms with Crippen LogP contribution in [-0.2, 0) is 4.79 Å². The maximum Gasteiger partial charge on any atom is 0.250 e. The van der Waals surface area contributed by atoms with Crippen molar-refractivity contribution in [1.29, 1.82) is 0 Å². The summed E-state index contributed by atoms with van der Waals surface area (Å²) in [6.07, 6.45) is 3.02. The fourth-order valence-electron chi connectivity index (χ4n) is 3.01. The highest BCUT2D eigenvalue weighted by atomic mass is 32.1. The molecule has 2 aromatic rings. The van der Waals surface area contributed by atoms with E-state index < -0.39 is 0 Å². The van der Waals surface area contributed by atoms with Gasteiger partial charge < -0.3 is 14.5 Å². The van der Waals surface area contributed by atoms with Crippen LogP contribution in [0, 0.1) is 5.82 Å². The third kappa shape index (κ3) is 5.07. The first-order valence-electron chi connectivity index (χ1n) is 8.98. The molecule has 1 aliphatic rings. The average Bonchev–Trinajstić information content (AvgIpc) is 2.73. The Hall–Kier alpha value is -2.93. The number of ether oxygens (including phenoxy) is 1. The van der Waals surface area contributed by atoms with Gasteiger partial charge in [-0.05, 0) is 48.1 Å². The number of para-hydroxylation sites is 2. The van der Waals surface area contributed by atoms with Gasteiger partial charge in [0.15, 0.2) is 5.11 Å². The van der Waals surface area contributed by atoms with Crippen molar-refractivity contribution >= 4 is 35.0 Å². The zero-order chi connectivity index (χ0) is 19.9. The minimum Gasteiger partial charge on any atom is -0.495 e. The predicted molar refractivity (Wildman–Crippen MR) is 113 cm³/mol. The molecule has 0 spiro atoms. The van der Waals surface area contributed by atoms with Crippen molar-refractivity contribution in [3.63, 3.8) is 0 Å². The van der Waals surface area contributed by atoms with Gasteiger partial charge in [-0.25, -0.2) is 4.39 Å². The predicted octanol–water partition coefficient (Wildman–Crippen LogP) is 3.07. The van der Waals surface area contributed by atoms with Gasteiger partial charge in [0, 0.05) is 32.3 Å². The van der Waals surface area contributed by atoms with Crippen LogP contribution in [0.5, 0.6) is 5.75 Å². The fraction of sp³-hybridized carbons (Fsp3) is 0.238. The lowest BCUT2D eigenvalue weighted by Gasteiger charge is -2.37. The van der Waals surface area contributed by atoms with E-state index in [1.54, 1.807) is 25.3 Å². The number of nitrogens with one attached hydrogen (secondary N) is 1. The van der Waals surface area contributed by atoms with Gasteiger partial charge in [-0.15, -0.1) is 0 Å². The van der Waals surface area contributed by atoms with Crippen molar-refractivity contribution < 1.29 is 13.9 Å². The number of halogens is 1. The minimum absolute atomic E-state index is 0.304. The number of hydrogen-bond donors (Lipinski definition) is 1. The number of rotatable bonds is 4. The maximum absolute atomic E-state index is 12.9. The Balaban J connectivity index is 1.51. The summed E-state index contributed by atoms with van der Waals surface area (Å²) in [6.45, 7) is 2.97. The minimum atomic E-state index is -0.310. The summed E-state index contributed by atoms with van der Waals surface area (Å²) in [5, 5.41) is 3.13. The first kappa shape index (κ1) is 19.8. The lowest BCUT2D eigenvalue weighted by molar-refractivity contribution is -0.115. The molecule has 1 fully saturated rings. The molecular weight excluding hydrogens is 377 g/mol. The van der Waals surface area contributed by atoms with Gasteiger partial charge in [0.05, 0.1) is 12.8 Å². The molecule has 0 aromatic heterocycles. The summed E-state index contributed by atoms with van der Waals surface area (Å²) in [4.78, 5) is 16.3. The van der Waals surface area contributed by atoms with Crippen LogP contribution in [0.2, 0.25) is 0 Å². The molecule has 28 heavy (non-hydrogen) atoms. The number of benzene rings is 2.